The maximum absolute atomic E-state index is 13.2. The Labute approximate surface area is 216 Å². The van der Waals surface area contributed by atoms with Gasteiger partial charge in [-0.3, -0.25) is 9.59 Å². The van der Waals surface area contributed by atoms with Crippen molar-refractivity contribution < 1.29 is 32.0 Å². The SMILES string of the molecule is Cc1cnoc1C(=O)Nc1c2c(nn1CCC1CC1)C[C@H](CCc1cccc(OCC(F)(F)F)c1)NC2=O. The molecule has 0 saturated heterocycles. The molecule has 2 aromatic heterocycles. The van der Waals surface area contributed by atoms with Crippen molar-refractivity contribution in [2.24, 2.45) is 5.92 Å². The van der Waals surface area contributed by atoms with E-state index >= 15 is 0 Å². The standard InChI is InChI=1S/C26H28F3N5O4/c1-15-13-30-38-22(15)25(36)32-23-21-20(33-34(23)10-9-16-5-6-16)12-18(31-24(21)35)8-7-17-3-2-4-19(11-17)37-14-26(27,28)29/h2-4,11,13,16,18H,5-10,12,14H2,1H3,(H,31,35)(H,32,36)/t18-/m0/s1. The lowest BCUT2D eigenvalue weighted by atomic mass is 9.96. The van der Waals surface area contributed by atoms with Crippen molar-refractivity contribution in [3.63, 3.8) is 0 Å². The molecule has 5 rings (SSSR count). The molecule has 0 radical (unpaired) electrons. The van der Waals surface area contributed by atoms with Crippen molar-refractivity contribution in [3.05, 3.63) is 58.6 Å². The first-order valence-corrected chi connectivity index (χ1v) is 12.6. The molecule has 3 aromatic rings. The van der Waals surface area contributed by atoms with Crippen molar-refractivity contribution in [3.8, 4) is 5.75 Å². The number of hydrogen-bond acceptors (Lipinski definition) is 6. The van der Waals surface area contributed by atoms with Gasteiger partial charge in [0.1, 0.15) is 17.1 Å². The van der Waals surface area contributed by atoms with Gasteiger partial charge in [-0.2, -0.15) is 18.3 Å². The summed E-state index contributed by atoms with van der Waals surface area (Å²) >= 11 is 0. The van der Waals surface area contributed by atoms with Gasteiger partial charge in [0.15, 0.2) is 6.61 Å². The summed E-state index contributed by atoms with van der Waals surface area (Å²) in [7, 11) is 0. The summed E-state index contributed by atoms with van der Waals surface area (Å²) in [6, 6.07) is 6.29. The number of anilines is 1. The van der Waals surface area contributed by atoms with Gasteiger partial charge in [0, 0.05) is 24.6 Å². The van der Waals surface area contributed by atoms with Crippen LogP contribution in [0.15, 0.2) is 35.0 Å². The highest BCUT2D eigenvalue weighted by molar-refractivity contribution is 6.08. The molecule has 1 fully saturated rings. The number of benzene rings is 1. The molecule has 12 heteroatoms. The average Bonchev–Trinajstić information content (AvgIpc) is 3.50. The third-order valence-electron chi connectivity index (χ3n) is 6.74. The fourth-order valence-corrected chi connectivity index (χ4v) is 4.58. The number of ether oxygens (including phenoxy) is 1. The number of halogens is 3. The number of carbonyl (C=O) groups is 2. The molecule has 1 aliphatic carbocycles. The van der Waals surface area contributed by atoms with Crippen molar-refractivity contribution in [2.45, 2.75) is 64.2 Å². The van der Waals surface area contributed by atoms with Crippen LogP contribution in [0.4, 0.5) is 19.0 Å². The molecule has 9 nitrogen and oxygen atoms in total. The first-order chi connectivity index (χ1) is 18.2. The Balaban J connectivity index is 1.29. The Morgan fingerprint density at radius 3 is 2.82 bits per heavy atom. The molecule has 2 aliphatic rings. The van der Waals surface area contributed by atoms with Crippen LogP contribution in [0.5, 0.6) is 5.75 Å². The fraction of sp³-hybridized carbons (Fsp3) is 0.462. The van der Waals surface area contributed by atoms with E-state index in [4.69, 9.17) is 14.4 Å². The highest BCUT2D eigenvalue weighted by Gasteiger charge is 2.34. The van der Waals surface area contributed by atoms with Gasteiger partial charge in [0.25, 0.3) is 11.8 Å². The number of carbonyl (C=O) groups excluding carboxylic acids is 2. The minimum absolute atomic E-state index is 0.0734. The summed E-state index contributed by atoms with van der Waals surface area (Å²) in [5.74, 6) is 0.357. The number of alkyl halides is 3. The number of rotatable bonds is 10. The van der Waals surface area contributed by atoms with Crippen LogP contribution in [0.2, 0.25) is 0 Å². The van der Waals surface area contributed by atoms with Crippen LogP contribution in [0.25, 0.3) is 0 Å². The van der Waals surface area contributed by atoms with Crippen LogP contribution in [-0.2, 0) is 19.4 Å². The highest BCUT2D eigenvalue weighted by Crippen LogP contribution is 2.34. The molecule has 2 N–H and O–H groups in total. The van der Waals surface area contributed by atoms with E-state index in [0.717, 1.165) is 12.0 Å². The van der Waals surface area contributed by atoms with Gasteiger partial charge in [0.05, 0.1) is 11.9 Å². The molecule has 1 aliphatic heterocycles. The monoisotopic (exact) mass is 531 g/mol. The normalized spacial score (nSPS) is 17.2. The third-order valence-corrected chi connectivity index (χ3v) is 6.74. The van der Waals surface area contributed by atoms with Crippen LogP contribution >= 0.6 is 0 Å². The first-order valence-electron chi connectivity index (χ1n) is 12.6. The van der Waals surface area contributed by atoms with E-state index in [-0.39, 0.29) is 23.5 Å². The molecule has 0 bridgehead atoms. The number of nitrogens with one attached hydrogen (secondary N) is 2. The Morgan fingerprint density at radius 1 is 1.29 bits per heavy atom. The molecular weight excluding hydrogens is 503 g/mol. The van der Waals surface area contributed by atoms with Gasteiger partial charge in [-0.25, -0.2) is 4.68 Å². The molecule has 2 amide bonds. The van der Waals surface area contributed by atoms with Gasteiger partial charge < -0.3 is 19.9 Å². The van der Waals surface area contributed by atoms with E-state index in [2.05, 4.69) is 15.8 Å². The van der Waals surface area contributed by atoms with Crippen molar-refractivity contribution in [1.29, 1.82) is 0 Å². The van der Waals surface area contributed by atoms with Gasteiger partial charge in [0.2, 0.25) is 5.76 Å². The van der Waals surface area contributed by atoms with E-state index in [1.807, 2.05) is 6.07 Å². The molecule has 3 heterocycles. The number of aromatic nitrogens is 3. The lowest BCUT2D eigenvalue weighted by Crippen LogP contribution is -2.41. The summed E-state index contributed by atoms with van der Waals surface area (Å²) in [4.78, 5) is 26.0. The summed E-state index contributed by atoms with van der Waals surface area (Å²) < 4.78 is 49.0. The van der Waals surface area contributed by atoms with Crippen molar-refractivity contribution >= 4 is 17.6 Å². The predicted octanol–water partition coefficient (Wildman–Crippen LogP) is 4.46. The van der Waals surface area contributed by atoms with Gasteiger partial charge in [-0.1, -0.05) is 30.1 Å². The number of hydrogen-bond donors (Lipinski definition) is 2. The second-order valence-corrected chi connectivity index (χ2v) is 9.88. The first kappa shape index (κ1) is 25.8. The molecule has 1 aromatic carbocycles. The van der Waals surface area contributed by atoms with Crippen LogP contribution in [0.1, 0.15) is 63.4 Å². The largest absolute Gasteiger partial charge is 0.484 e. The van der Waals surface area contributed by atoms with Gasteiger partial charge in [-0.05, 0) is 49.8 Å². The maximum Gasteiger partial charge on any atom is 0.422 e. The van der Waals surface area contributed by atoms with Crippen molar-refractivity contribution in [1.82, 2.24) is 20.3 Å². The van der Waals surface area contributed by atoms with Crippen LogP contribution in [0.3, 0.4) is 0 Å². The summed E-state index contributed by atoms with van der Waals surface area (Å²) in [6.45, 7) is 0.933. The lowest BCUT2D eigenvalue weighted by molar-refractivity contribution is -0.153. The smallest absolute Gasteiger partial charge is 0.422 e. The molecule has 0 unspecified atom stereocenters. The molecular formula is C26H28F3N5O4. The Morgan fingerprint density at radius 2 is 2.11 bits per heavy atom. The summed E-state index contributed by atoms with van der Waals surface area (Å²) in [6.07, 6.45) is 1.84. The summed E-state index contributed by atoms with van der Waals surface area (Å²) in [5, 5.41) is 14.1. The Bertz CT molecular complexity index is 1330. The Kier molecular flexibility index (Phi) is 7.13. The van der Waals surface area contributed by atoms with Gasteiger partial charge in [-0.15, -0.1) is 0 Å². The number of aryl methyl sites for hydroxylation is 3. The van der Waals surface area contributed by atoms with E-state index in [1.54, 1.807) is 23.7 Å². The Hall–Kier alpha value is -3.83. The van der Waals surface area contributed by atoms with Crippen LogP contribution < -0.4 is 15.4 Å². The van der Waals surface area contributed by atoms with Crippen LogP contribution in [-0.4, -0.2) is 45.6 Å². The topological polar surface area (TPSA) is 111 Å². The average molecular weight is 532 g/mol. The molecule has 202 valence electrons. The molecule has 1 atom stereocenters. The highest BCUT2D eigenvalue weighted by atomic mass is 19.4. The number of fused-ring (bicyclic) bond motifs is 1. The second kappa shape index (κ2) is 10.5. The summed E-state index contributed by atoms with van der Waals surface area (Å²) in [5.41, 5.74) is 2.32. The molecule has 38 heavy (non-hydrogen) atoms. The molecule has 0 spiro atoms. The van der Waals surface area contributed by atoms with Gasteiger partial charge >= 0.3 is 6.18 Å². The van der Waals surface area contributed by atoms with E-state index in [9.17, 15) is 22.8 Å². The van der Waals surface area contributed by atoms with Crippen molar-refractivity contribution in [2.75, 3.05) is 11.9 Å². The second-order valence-electron chi connectivity index (χ2n) is 9.88. The quantitative estimate of drug-likeness (QED) is 0.400. The zero-order valence-corrected chi connectivity index (χ0v) is 20.8. The zero-order valence-electron chi connectivity index (χ0n) is 20.8. The van der Waals surface area contributed by atoms with Crippen LogP contribution in [0, 0.1) is 12.8 Å². The zero-order chi connectivity index (χ0) is 26.9. The minimum atomic E-state index is -4.41. The number of nitrogens with zero attached hydrogens (tertiary/aromatic N) is 3. The fourth-order valence-electron chi connectivity index (χ4n) is 4.58. The predicted molar refractivity (Wildman–Crippen MR) is 130 cm³/mol. The number of amides is 2. The minimum Gasteiger partial charge on any atom is -0.484 e. The molecule has 1 saturated carbocycles. The van der Waals surface area contributed by atoms with E-state index < -0.39 is 18.7 Å². The van der Waals surface area contributed by atoms with E-state index in [1.165, 1.54) is 25.1 Å². The third kappa shape index (κ3) is 6.17. The lowest BCUT2D eigenvalue weighted by Gasteiger charge is -2.23. The maximum atomic E-state index is 13.2. The van der Waals surface area contributed by atoms with E-state index in [0.29, 0.717) is 54.4 Å².